The van der Waals surface area contributed by atoms with E-state index in [0.717, 1.165) is 44.5 Å². The smallest absolute Gasteiger partial charge is 0.404 e. The number of carboxylic acid groups (broad SMARTS) is 1. The molecule has 0 unspecified atom stereocenters. The SMILES string of the molecule is O=C(O)NC1CCC(N2CCC(c3ccccc3OC3CC3)CC2)CC1. The maximum absolute atomic E-state index is 10.8. The van der Waals surface area contributed by atoms with E-state index in [0.29, 0.717) is 18.1 Å². The number of nitrogens with one attached hydrogen (secondary N) is 1. The van der Waals surface area contributed by atoms with Gasteiger partial charge in [0.2, 0.25) is 0 Å². The molecule has 2 saturated carbocycles. The van der Waals surface area contributed by atoms with E-state index in [4.69, 9.17) is 9.84 Å². The quantitative estimate of drug-likeness (QED) is 0.836. The topological polar surface area (TPSA) is 61.8 Å². The molecular weight excluding hydrogens is 328 g/mol. The molecule has 0 spiro atoms. The van der Waals surface area contributed by atoms with Crippen LogP contribution in [0.2, 0.25) is 0 Å². The van der Waals surface area contributed by atoms with Gasteiger partial charge in [-0.25, -0.2) is 4.79 Å². The molecule has 142 valence electrons. The van der Waals surface area contributed by atoms with Crippen molar-refractivity contribution in [2.45, 2.75) is 75.5 Å². The fourth-order valence-electron chi connectivity index (χ4n) is 4.63. The second-order valence-corrected chi connectivity index (χ2v) is 8.12. The molecule has 5 heteroatoms. The number of nitrogens with zero attached hydrogens (tertiary/aromatic N) is 1. The van der Waals surface area contributed by atoms with Gasteiger partial charge in [0, 0.05) is 12.1 Å². The van der Waals surface area contributed by atoms with Crippen LogP contribution in [0.25, 0.3) is 0 Å². The summed E-state index contributed by atoms with van der Waals surface area (Å²) in [6, 6.07) is 9.38. The fourth-order valence-corrected chi connectivity index (χ4v) is 4.63. The maximum atomic E-state index is 10.8. The average Bonchev–Trinajstić information content (AvgIpc) is 3.47. The number of likely N-dealkylation sites (tertiary alicyclic amines) is 1. The van der Waals surface area contributed by atoms with Gasteiger partial charge in [0.1, 0.15) is 5.75 Å². The highest BCUT2D eigenvalue weighted by Gasteiger charge is 2.31. The first-order chi connectivity index (χ1) is 12.7. The fraction of sp³-hybridized carbons (Fsp3) is 0.667. The molecule has 1 saturated heterocycles. The van der Waals surface area contributed by atoms with Crippen molar-refractivity contribution >= 4 is 6.09 Å². The third kappa shape index (κ3) is 4.32. The van der Waals surface area contributed by atoms with Crippen molar-refractivity contribution in [3.05, 3.63) is 29.8 Å². The predicted octanol–water partition coefficient (Wildman–Crippen LogP) is 3.99. The zero-order chi connectivity index (χ0) is 17.9. The lowest BCUT2D eigenvalue weighted by Gasteiger charge is -2.41. The molecule has 1 aromatic rings. The van der Waals surface area contributed by atoms with Gasteiger partial charge in [0.25, 0.3) is 0 Å². The lowest BCUT2D eigenvalue weighted by Crippen LogP contribution is -2.46. The first kappa shape index (κ1) is 17.7. The Bertz CT molecular complexity index is 615. The number of rotatable bonds is 5. The molecule has 26 heavy (non-hydrogen) atoms. The Morgan fingerprint density at radius 2 is 1.69 bits per heavy atom. The molecule has 2 N–H and O–H groups in total. The minimum Gasteiger partial charge on any atom is -0.490 e. The summed E-state index contributed by atoms with van der Waals surface area (Å²) in [6.45, 7) is 2.29. The number of hydrogen-bond acceptors (Lipinski definition) is 3. The normalized spacial score (nSPS) is 27.8. The summed E-state index contributed by atoms with van der Waals surface area (Å²) in [6.07, 6.45) is 8.50. The Morgan fingerprint density at radius 3 is 2.35 bits per heavy atom. The van der Waals surface area contributed by atoms with E-state index in [2.05, 4.69) is 34.5 Å². The molecule has 0 radical (unpaired) electrons. The third-order valence-corrected chi connectivity index (χ3v) is 6.25. The lowest BCUT2D eigenvalue weighted by molar-refractivity contribution is 0.111. The number of carbonyl (C=O) groups is 1. The molecule has 0 bridgehead atoms. The highest BCUT2D eigenvalue weighted by atomic mass is 16.5. The van der Waals surface area contributed by atoms with Crippen LogP contribution in [0.15, 0.2) is 24.3 Å². The van der Waals surface area contributed by atoms with E-state index in [1.54, 1.807) is 0 Å². The van der Waals surface area contributed by atoms with E-state index < -0.39 is 6.09 Å². The number of para-hydroxylation sites is 1. The molecule has 1 aliphatic heterocycles. The molecule has 1 aromatic carbocycles. The van der Waals surface area contributed by atoms with E-state index >= 15 is 0 Å². The summed E-state index contributed by atoms with van der Waals surface area (Å²) in [4.78, 5) is 13.4. The number of piperidine rings is 1. The number of ether oxygens (including phenoxy) is 1. The Kier molecular flexibility index (Phi) is 5.34. The highest BCUT2D eigenvalue weighted by Crippen LogP contribution is 2.38. The van der Waals surface area contributed by atoms with Crippen LogP contribution in [0.4, 0.5) is 4.79 Å². The molecule has 3 aliphatic rings. The molecule has 1 heterocycles. The summed E-state index contributed by atoms with van der Waals surface area (Å²) >= 11 is 0. The molecule has 4 rings (SSSR count). The number of amides is 1. The molecular formula is C21H30N2O3. The highest BCUT2D eigenvalue weighted by molar-refractivity contribution is 5.64. The van der Waals surface area contributed by atoms with Crippen LogP contribution in [0.5, 0.6) is 5.75 Å². The zero-order valence-corrected chi connectivity index (χ0v) is 15.4. The summed E-state index contributed by atoms with van der Waals surface area (Å²) < 4.78 is 6.13. The maximum Gasteiger partial charge on any atom is 0.404 e. The Morgan fingerprint density at radius 1 is 1.00 bits per heavy atom. The molecule has 1 amide bonds. The summed E-state index contributed by atoms with van der Waals surface area (Å²) in [7, 11) is 0. The molecule has 3 fully saturated rings. The van der Waals surface area contributed by atoms with Gasteiger partial charge in [-0.3, -0.25) is 0 Å². The molecule has 0 aromatic heterocycles. The van der Waals surface area contributed by atoms with E-state index in [-0.39, 0.29) is 6.04 Å². The second kappa shape index (κ2) is 7.87. The Labute approximate surface area is 155 Å². The van der Waals surface area contributed by atoms with Crippen LogP contribution in [0.3, 0.4) is 0 Å². The van der Waals surface area contributed by atoms with Crippen molar-refractivity contribution in [3.63, 3.8) is 0 Å². The van der Waals surface area contributed by atoms with E-state index in [9.17, 15) is 4.79 Å². The van der Waals surface area contributed by atoms with Crippen LogP contribution in [-0.4, -0.2) is 47.4 Å². The van der Waals surface area contributed by atoms with Crippen LogP contribution in [-0.2, 0) is 0 Å². The van der Waals surface area contributed by atoms with Gasteiger partial charge in [0.05, 0.1) is 6.10 Å². The molecule has 2 aliphatic carbocycles. The Hall–Kier alpha value is -1.75. The van der Waals surface area contributed by atoms with Gasteiger partial charge in [-0.15, -0.1) is 0 Å². The Balaban J connectivity index is 1.29. The number of benzene rings is 1. The monoisotopic (exact) mass is 358 g/mol. The van der Waals surface area contributed by atoms with Gasteiger partial charge in [-0.05, 0) is 82.0 Å². The van der Waals surface area contributed by atoms with Crippen molar-refractivity contribution < 1.29 is 14.6 Å². The van der Waals surface area contributed by atoms with Gasteiger partial charge < -0.3 is 20.1 Å². The zero-order valence-electron chi connectivity index (χ0n) is 15.4. The van der Waals surface area contributed by atoms with Crippen molar-refractivity contribution in [1.29, 1.82) is 0 Å². The molecule has 0 atom stereocenters. The van der Waals surface area contributed by atoms with Gasteiger partial charge in [-0.2, -0.15) is 0 Å². The summed E-state index contributed by atoms with van der Waals surface area (Å²) in [5.74, 6) is 1.71. The van der Waals surface area contributed by atoms with Crippen molar-refractivity contribution in [2.75, 3.05) is 13.1 Å². The first-order valence-corrected chi connectivity index (χ1v) is 10.2. The van der Waals surface area contributed by atoms with E-state index in [1.807, 2.05) is 0 Å². The van der Waals surface area contributed by atoms with Crippen LogP contribution in [0.1, 0.15) is 62.8 Å². The summed E-state index contributed by atoms with van der Waals surface area (Å²) in [5.41, 5.74) is 1.40. The minimum absolute atomic E-state index is 0.146. The minimum atomic E-state index is -0.888. The lowest BCUT2D eigenvalue weighted by atomic mass is 9.85. The average molecular weight is 358 g/mol. The number of hydrogen-bond donors (Lipinski definition) is 2. The van der Waals surface area contributed by atoms with Crippen LogP contribution < -0.4 is 10.1 Å². The van der Waals surface area contributed by atoms with Crippen molar-refractivity contribution in [3.8, 4) is 5.75 Å². The standard InChI is InChI=1S/C21H30N2O3/c24-21(25)22-16-5-7-17(8-6-16)23-13-11-15(12-14-23)19-3-1-2-4-20(19)26-18-9-10-18/h1-4,15-18,22H,5-14H2,(H,24,25). The van der Waals surface area contributed by atoms with Gasteiger partial charge >= 0.3 is 6.09 Å². The largest absolute Gasteiger partial charge is 0.490 e. The van der Waals surface area contributed by atoms with Crippen molar-refractivity contribution in [2.24, 2.45) is 0 Å². The van der Waals surface area contributed by atoms with Crippen LogP contribution in [0, 0.1) is 0 Å². The predicted molar refractivity (Wildman–Crippen MR) is 101 cm³/mol. The van der Waals surface area contributed by atoms with E-state index in [1.165, 1.54) is 31.2 Å². The van der Waals surface area contributed by atoms with Gasteiger partial charge in [0.15, 0.2) is 0 Å². The summed E-state index contributed by atoms with van der Waals surface area (Å²) in [5, 5.41) is 11.5. The van der Waals surface area contributed by atoms with Crippen LogP contribution >= 0.6 is 0 Å². The first-order valence-electron chi connectivity index (χ1n) is 10.2. The second-order valence-electron chi connectivity index (χ2n) is 8.12. The van der Waals surface area contributed by atoms with Crippen molar-refractivity contribution in [1.82, 2.24) is 10.2 Å². The van der Waals surface area contributed by atoms with Gasteiger partial charge in [-0.1, -0.05) is 18.2 Å². The third-order valence-electron chi connectivity index (χ3n) is 6.25. The molecule has 5 nitrogen and oxygen atoms in total.